The number of carbonyl (C=O) groups excluding carboxylic acids is 1. The lowest BCUT2D eigenvalue weighted by Crippen LogP contribution is -2.50. The third-order valence-electron chi connectivity index (χ3n) is 2.57. The van der Waals surface area contributed by atoms with Crippen LogP contribution in [-0.2, 0) is 9.53 Å². The normalized spacial score (nSPS) is 15.2. The molecule has 3 nitrogen and oxygen atoms in total. The molecule has 0 aliphatic carbocycles. The monoisotopic (exact) mass is 270 g/mol. The first-order chi connectivity index (χ1) is 8.81. The fraction of sp³-hybridized carbons (Fsp3) is 0.357. The summed E-state index contributed by atoms with van der Waals surface area (Å²) in [4.78, 5) is 11.2. The highest BCUT2D eigenvalue weighted by Gasteiger charge is 2.55. The van der Waals surface area contributed by atoms with E-state index in [4.69, 9.17) is 0 Å². The maximum absolute atomic E-state index is 13.7. The summed E-state index contributed by atoms with van der Waals surface area (Å²) >= 11 is 0. The largest absolute Gasteiger partial charge is 0.461 e. The van der Waals surface area contributed by atoms with Crippen molar-refractivity contribution in [3.8, 4) is 0 Å². The van der Waals surface area contributed by atoms with E-state index in [0.29, 0.717) is 5.56 Å². The highest BCUT2D eigenvalue weighted by atomic mass is 19.3. The third kappa shape index (κ3) is 3.61. The maximum atomic E-state index is 13.7. The zero-order valence-corrected chi connectivity index (χ0v) is 10.8. The van der Waals surface area contributed by atoms with Gasteiger partial charge in [0.15, 0.2) is 5.60 Å². The average Bonchev–Trinajstić information content (AvgIpc) is 2.38. The molecule has 0 aliphatic heterocycles. The first kappa shape index (κ1) is 15.3. The molecular formula is C14H16F2O3. The predicted octanol–water partition coefficient (Wildman–Crippen LogP) is 2.65. The molecule has 0 aromatic heterocycles. The molecule has 0 spiro atoms. The van der Waals surface area contributed by atoms with Crippen LogP contribution in [0.1, 0.15) is 19.4 Å². The Morgan fingerprint density at radius 2 is 1.95 bits per heavy atom. The van der Waals surface area contributed by atoms with Crippen LogP contribution in [0.2, 0.25) is 0 Å². The topological polar surface area (TPSA) is 46.5 Å². The number of esters is 1. The van der Waals surface area contributed by atoms with Crippen molar-refractivity contribution in [2.24, 2.45) is 0 Å². The molecule has 0 radical (unpaired) electrons. The summed E-state index contributed by atoms with van der Waals surface area (Å²) in [6.45, 7) is 2.11. The SMILES string of the molecule is CCOC(=O)C(F)(F)C(C)(O)/C=C/c1ccccc1. The zero-order valence-electron chi connectivity index (χ0n) is 10.8. The Bertz CT molecular complexity index is 453. The van der Waals surface area contributed by atoms with Crippen LogP contribution >= 0.6 is 0 Å². The summed E-state index contributed by atoms with van der Waals surface area (Å²) in [7, 11) is 0. The van der Waals surface area contributed by atoms with Crippen molar-refractivity contribution < 1.29 is 23.4 Å². The van der Waals surface area contributed by atoms with E-state index < -0.39 is 17.5 Å². The molecule has 19 heavy (non-hydrogen) atoms. The fourth-order valence-corrected chi connectivity index (χ4v) is 1.36. The summed E-state index contributed by atoms with van der Waals surface area (Å²) < 4.78 is 31.7. The number of alkyl halides is 2. The molecule has 0 bridgehead atoms. The Morgan fingerprint density at radius 3 is 2.47 bits per heavy atom. The van der Waals surface area contributed by atoms with Gasteiger partial charge < -0.3 is 9.84 Å². The molecule has 5 heteroatoms. The van der Waals surface area contributed by atoms with Gasteiger partial charge in [-0.25, -0.2) is 4.79 Å². The minimum absolute atomic E-state index is 0.174. The van der Waals surface area contributed by atoms with Crippen LogP contribution in [0.4, 0.5) is 8.78 Å². The van der Waals surface area contributed by atoms with Crippen molar-refractivity contribution in [3.05, 3.63) is 42.0 Å². The van der Waals surface area contributed by atoms with E-state index in [1.165, 1.54) is 13.0 Å². The molecule has 1 rings (SSSR count). The Morgan fingerprint density at radius 1 is 1.37 bits per heavy atom. The molecule has 0 saturated heterocycles. The Balaban J connectivity index is 2.91. The molecule has 1 N–H and O–H groups in total. The molecular weight excluding hydrogens is 254 g/mol. The molecule has 0 saturated carbocycles. The van der Waals surface area contributed by atoms with Crippen LogP contribution in [0.15, 0.2) is 36.4 Å². The van der Waals surface area contributed by atoms with Crippen molar-refractivity contribution in [1.82, 2.24) is 0 Å². The summed E-state index contributed by atoms with van der Waals surface area (Å²) in [6.07, 6.45) is 2.21. The van der Waals surface area contributed by atoms with Crippen LogP contribution in [0.25, 0.3) is 6.08 Å². The van der Waals surface area contributed by atoms with Crippen LogP contribution < -0.4 is 0 Å². The number of ether oxygens (including phenoxy) is 1. The molecule has 0 fully saturated rings. The lowest BCUT2D eigenvalue weighted by atomic mass is 9.96. The van der Waals surface area contributed by atoms with Crippen molar-refractivity contribution >= 4 is 12.0 Å². The molecule has 1 aromatic carbocycles. The molecule has 1 unspecified atom stereocenters. The molecule has 1 atom stereocenters. The van der Waals surface area contributed by atoms with Crippen LogP contribution in [0, 0.1) is 0 Å². The summed E-state index contributed by atoms with van der Waals surface area (Å²) in [5, 5.41) is 9.76. The van der Waals surface area contributed by atoms with E-state index >= 15 is 0 Å². The van der Waals surface area contributed by atoms with Gasteiger partial charge in [-0.15, -0.1) is 0 Å². The van der Waals surface area contributed by atoms with Crippen LogP contribution in [0.5, 0.6) is 0 Å². The van der Waals surface area contributed by atoms with E-state index in [1.807, 2.05) is 0 Å². The average molecular weight is 270 g/mol. The highest BCUT2D eigenvalue weighted by molar-refractivity contribution is 5.80. The molecule has 0 heterocycles. The van der Waals surface area contributed by atoms with Gasteiger partial charge in [0.2, 0.25) is 0 Å². The second-order valence-corrected chi connectivity index (χ2v) is 4.19. The first-order valence-corrected chi connectivity index (χ1v) is 5.83. The number of hydrogen-bond acceptors (Lipinski definition) is 3. The molecule has 104 valence electrons. The first-order valence-electron chi connectivity index (χ1n) is 5.83. The van der Waals surface area contributed by atoms with Crippen molar-refractivity contribution in [3.63, 3.8) is 0 Å². The quantitative estimate of drug-likeness (QED) is 0.837. The summed E-state index contributed by atoms with van der Waals surface area (Å²) in [6, 6.07) is 8.63. The molecule has 0 amide bonds. The zero-order chi connectivity index (χ0) is 14.5. The maximum Gasteiger partial charge on any atom is 0.380 e. The standard InChI is InChI=1S/C14H16F2O3/c1-3-19-12(17)14(15,16)13(2,18)10-9-11-7-5-4-6-8-11/h4-10,18H,3H2,1-2H3/b10-9+. The second kappa shape index (κ2) is 5.93. The molecule has 1 aromatic rings. The minimum atomic E-state index is -4.01. The number of rotatable bonds is 5. The van der Waals surface area contributed by atoms with Gasteiger partial charge in [0.05, 0.1) is 6.61 Å². The van der Waals surface area contributed by atoms with E-state index in [2.05, 4.69) is 4.74 Å². The van der Waals surface area contributed by atoms with Gasteiger partial charge in [-0.2, -0.15) is 8.78 Å². The summed E-state index contributed by atoms with van der Waals surface area (Å²) in [5.41, 5.74) is -1.97. The van der Waals surface area contributed by atoms with Crippen LogP contribution in [-0.4, -0.2) is 29.2 Å². The Labute approximate surface area is 110 Å². The fourth-order valence-electron chi connectivity index (χ4n) is 1.36. The number of halogens is 2. The number of carbonyl (C=O) groups is 1. The van der Waals surface area contributed by atoms with Gasteiger partial charge in [0, 0.05) is 0 Å². The van der Waals surface area contributed by atoms with Gasteiger partial charge in [0.1, 0.15) is 0 Å². The summed E-state index contributed by atoms with van der Waals surface area (Å²) in [5.74, 6) is -5.74. The predicted molar refractivity (Wildman–Crippen MR) is 67.7 cm³/mol. The number of hydrogen-bond donors (Lipinski definition) is 1. The minimum Gasteiger partial charge on any atom is -0.461 e. The smallest absolute Gasteiger partial charge is 0.380 e. The van der Waals surface area contributed by atoms with Crippen molar-refractivity contribution in [1.29, 1.82) is 0 Å². The van der Waals surface area contributed by atoms with E-state index in [-0.39, 0.29) is 6.61 Å². The molecule has 0 aliphatic rings. The van der Waals surface area contributed by atoms with Gasteiger partial charge in [-0.05, 0) is 25.5 Å². The third-order valence-corrected chi connectivity index (χ3v) is 2.57. The van der Waals surface area contributed by atoms with E-state index in [9.17, 15) is 18.7 Å². The lowest BCUT2D eigenvalue weighted by molar-refractivity contribution is -0.198. The van der Waals surface area contributed by atoms with Gasteiger partial charge in [-0.3, -0.25) is 0 Å². The van der Waals surface area contributed by atoms with Crippen molar-refractivity contribution in [2.75, 3.05) is 6.61 Å². The van der Waals surface area contributed by atoms with E-state index in [0.717, 1.165) is 13.0 Å². The lowest BCUT2D eigenvalue weighted by Gasteiger charge is -2.27. The highest BCUT2D eigenvalue weighted by Crippen LogP contribution is 2.31. The number of benzene rings is 1. The van der Waals surface area contributed by atoms with E-state index in [1.54, 1.807) is 30.3 Å². The van der Waals surface area contributed by atoms with Gasteiger partial charge in [-0.1, -0.05) is 36.4 Å². The van der Waals surface area contributed by atoms with Crippen molar-refractivity contribution in [2.45, 2.75) is 25.4 Å². The van der Waals surface area contributed by atoms with Crippen LogP contribution in [0.3, 0.4) is 0 Å². The Hall–Kier alpha value is -1.75. The Kier molecular flexibility index (Phi) is 4.78. The van der Waals surface area contributed by atoms with Gasteiger partial charge in [0.25, 0.3) is 0 Å². The van der Waals surface area contributed by atoms with Gasteiger partial charge >= 0.3 is 11.9 Å². The second-order valence-electron chi connectivity index (χ2n) is 4.19. The number of aliphatic hydroxyl groups is 1.